The lowest BCUT2D eigenvalue weighted by Crippen LogP contribution is -2.32. The fourth-order valence-corrected chi connectivity index (χ4v) is 2.05. The smallest absolute Gasteiger partial charge is 0.253 e. The Morgan fingerprint density at radius 3 is 3.14 bits per heavy atom. The average molecular weight is 192 g/mol. The van der Waals surface area contributed by atoms with Gasteiger partial charge in [0.05, 0.1) is 0 Å². The highest BCUT2D eigenvalue weighted by atomic mass is 16.1. The third-order valence-electron chi connectivity index (χ3n) is 2.89. The van der Waals surface area contributed by atoms with E-state index >= 15 is 0 Å². The van der Waals surface area contributed by atoms with Gasteiger partial charge in [-0.05, 0) is 25.5 Å². The largest absolute Gasteiger partial charge is 0.318 e. The summed E-state index contributed by atoms with van der Waals surface area (Å²) in [4.78, 5) is 11.8. The monoisotopic (exact) mass is 192 g/mol. The predicted octanol–water partition coefficient (Wildman–Crippen LogP) is 0.852. The molecule has 0 amide bonds. The van der Waals surface area contributed by atoms with E-state index in [2.05, 4.69) is 5.32 Å². The normalized spacial score (nSPS) is 22.2. The molecule has 1 aromatic heterocycles. The zero-order valence-electron chi connectivity index (χ0n) is 8.49. The first-order valence-corrected chi connectivity index (χ1v) is 5.15. The van der Waals surface area contributed by atoms with Gasteiger partial charge in [0.25, 0.3) is 5.56 Å². The Bertz CT molecular complexity index is 364. The van der Waals surface area contributed by atoms with Crippen LogP contribution in [0.4, 0.5) is 0 Å². The number of hydrogen-bond donors (Lipinski definition) is 1. The van der Waals surface area contributed by atoms with Crippen LogP contribution < -0.4 is 10.9 Å². The summed E-state index contributed by atoms with van der Waals surface area (Å²) in [5, 5.41) is 3.33. The molecular weight excluding hydrogens is 176 g/mol. The topological polar surface area (TPSA) is 34.0 Å². The van der Waals surface area contributed by atoms with Gasteiger partial charge in [-0.25, -0.2) is 0 Å². The van der Waals surface area contributed by atoms with Crippen LogP contribution >= 0.6 is 0 Å². The molecule has 1 aliphatic rings. The minimum atomic E-state index is 0.154. The maximum atomic E-state index is 11.8. The van der Waals surface area contributed by atoms with E-state index in [4.69, 9.17) is 0 Å². The molecule has 3 heteroatoms. The van der Waals surface area contributed by atoms with Crippen LogP contribution in [0.3, 0.4) is 0 Å². The van der Waals surface area contributed by atoms with Gasteiger partial charge in [0.1, 0.15) is 0 Å². The summed E-state index contributed by atoms with van der Waals surface area (Å²) in [5.41, 5.74) is 1.11. The molecule has 2 rings (SSSR count). The summed E-state index contributed by atoms with van der Waals surface area (Å²) >= 11 is 0. The number of nitrogens with zero attached hydrogens (tertiary/aromatic N) is 1. The van der Waals surface area contributed by atoms with Gasteiger partial charge in [0.2, 0.25) is 0 Å². The average Bonchev–Trinajstić information content (AvgIpc) is 2.23. The van der Waals surface area contributed by atoms with E-state index in [1.165, 1.54) is 6.42 Å². The zero-order chi connectivity index (χ0) is 9.97. The van der Waals surface area contributed by atoms with Crippen molar-refractivity contribution in [3.63, 3.8) is 0 Å². The Hall–Kier alpha value is -1.09. The molecule has 0 saturated carbocycles. The molecule has 3 nitrogen and oxygen atoms in total. The van der Waals surface area contributed by atoms with Crippen molar-refractivity contribution in [2.75, 3.05) is 13.1 Å². The molecule has 1 saturated heterocycles. The maximum absolute atomic E-state index is 11.8. The van der Waals surface area contributed by atoms with Crippen molar-refractivity contribution < 1.29 is 0 Å². The Morgan fingerprint density at radius 1 is 1.57 bits per heavy atom. The first kappa shape index (κ1) is 9.46. The number of aromatic nitrogens is 1. The molecule has 0 aromatic carbocycles. The molecule has 76 valence electrons. The number of pyridine rings is 1. The second-order valence-electron chi connectivity index (χ2n) is 3.92. The molecule has 0 radical (unpaired) electrons. The highest BCUT2D eigenvalue weighted by Gasteiger charge is 2.17. The summed E-state index contributed by atoms with van der Waals surface area (Å²) in [5.74, 6) is 0.406. The molecule has 1 fully saturated rings. The van der Waals surface area contributed by atoms with Gasteiger partial charge in [-0.15, -0.1) is 0 Å². The van der Waals surface area contributed by atoms with Gasteiger partial charge < -0.3 is 9.88 Å². The summed E-state index contributed by atoms with van der Waals surface area (Å²) in [6, 6.07) is 3.91. The van der Waals surface area contributed by atoms with Crippen LogP contribution in [-0.2, 0) is 7.05 Å². The van der Waals surface area contributed by atoms with Crippen LogP contribution in [0.5, 0.6) is 0 Å². The van der Waals surface area contributed by atoms with E-state index in [1.807, 2.05) is 25.4 Å². The van der Waals surface area contributed by atoms with Crippen LogP contribution in [-0.4, -0.2) is 17.7 Å². The van der Waals surface area contributed by atoms with Crippen molar-refractivity contribution in [3.05, 3.63) is 34.2 Å². The van der Waals surface area contributed by atoms with Crippen molar-refractivity contribution in [2.45, 2.75) is 18.8 Å². The molecule has 0 spiro atoms. The number of hydrogen-bond acceptors (Lipinski definition) is 2. The summed E-state index contributed by atoms with van der Waals surface area (Å²) in [7, 11) is 1.81. The zero-order valence-corrected chi connectivity index (χ0v) is 8.49. The third-order valence-corrected chi connectivity index (χ3v) is 2.89. The number of piperidine rings is 1. The number of rotatable bonds is 1. The lowest BCUT2D eigenvalue weighted by molar-refractivity contribution is 0.457. The van der Waals surface area contributed by atoms with Gasteiger partial charge in [-0.1, -0.05) is 6.07 Å². The Morgan fingerprint density at radius 2 is 2.43 bits per heavy atom. The van der Waals surface area contributed by atoms with Crippen molar-refractivity contribution in [3.8, 4) is 0 Å². The molecule has 14 heavy (non-hydrogen) atoms. The molecule has 2 heterocycles. The maximum Gasteiger partial charge on any atom is 0.253 e. The Balaban J connectivity index is 2.31. The summed E-state index contributed by atoms with van der Waals surface area (Å²) in [6.45, 7) is 2.03. The second kappa shape index (κ2) is 3.96. The minimum Gasteiger partial charge on any atom is -0.318 e. The Labute approximate surface area is 83.8 Å². The van der Waals surface area contributed by atoms with Crippen LogP contribution in [0.25, 0.3) is 0 Å². The number of aryl methyl sites for hydroxylation is 1. The summed E-state index contributed by atoms with van der Waals surface area (Å²) < 4.78 is 1.66. The van der Waals surface area contributed by atoms with Crippen molar-refractivity contribution in [2.24, 2.45) is 7.05 Å². The first-order valence-electron chi connectivity index (χ1n) is 5.15. The van der Waals surface area contributed by atoms with E-state index in [1.54, 1.807) is 4.57 Å². The molecule has 1 aliphatic heterocycles. The Kier molecular flexibility index (Phi) is 2.68. The van der Waals surface area contributed by atoms with E-state index in [9.17, 15) is 4.79 Å². The van der Waals surface area contributed by atoms with E-state index in [0.29, 0.717) is 5.92 Å². The highest BCUT2D eigenvalue weighted by molar-refractivity contribution is 5.16. The standard InChI is InChI=1S/C11H16N2O/c1-13-7-3-5-10(11(13)14)9-4-2-6-12-8-9/h3,5,7,9,12H,2,4,6,8H2,1H3. The van der Waals surface area contributed by atoms with E-state index in [-0.39, 0.29) is 5.56 Å². The van der Waals surface area contributed by atoms with Gasteiger partial charge >= 0.3 is 0 Å². The molecule has 1 N–H and O–H groups in total. The van der Waals surface area contributed by atoms with Gasteiger partial charge in [0.15, 0.2) is 0 Å². The van der Waals surface area contributed by atoms with Crippen molar-refractivity contribution in [1.82, 2.24) is 9.88 Å². The van der Waals surface area contributed by atoms with Gasteiger partial charge in [-0.3, -0.25) is 4.79 Å². The molecule has 1 aromatic rings. The lowest BCUT2D eigenvalue weighted by Gasteiger charge is -2.22. The molecule has 0 aliphatic carbocycles. The van der Waals surface area contributed by atoms with Crippen molar-refractivity contribution in [1.29, 1.82) is 0 Å². The molecule has 1 unspecified atom stereocenters. The molecular formula is C11H16N2O. The predicted molar refractivity (Wildman–Crippen MR) is 56.5 cm³/mol. The first-order chi connectivity index (χ1) is 6.79. The van der Waals surface area contributed by atoms with Crippen LogP contribution in [0.1, 0.15) is 24.3 Å². The van der Waals surface area contributed by atoms with Gasteiger partial charge in [0, 0.05) is 31.3 Å². The van der Waals surface area contributed by atoms with Crippen molar-refractivity contribution >= 4 is 0 Å². The molecule has 1 atom stereocenters. The fraction of sp³-hybridized carbons (Fsp3) is 0.545. The summed E-state index contributed by atoms with van der Waals surface area (Å²) in [6.07, 6.45) is 4.11. The van der Waals surface area contributed by atoms with Crippen LogP contribution in [0.15, 0.2) is 23.1 Å². The molecule has 0 bridgehead atoms. The van der Waals surface area contributed by atoms with E-state index < -0.39 is 0 Å². The lowest BCUT2D eigenvalue weighted by atomic mass is 9.93. The van der Waals surface area contributed by atoms with Gasteiger partial charge in [-0.2, -0.15) is 0 Å². The fourth-order valence-electron chi connectivity index (χ4n) is 2.05. The third kappa shape index (κ3) is 1.73. The number of nitrogens with one attached hydrogen (secondary N) is 1. The SMILES string of the molecule is Cn1cccc(C2CCCNC2)c1=O. The quantitative estimate of drug-likeness (QED) is 0.716. The highest BCUT2D eigenvalue weighted by Crippen LogP contribution is 2.19. The van der Waals surface area contributed by atoms with Crippen LogP contribution in [0, 0.1) is 0 Å². The minimum absolute atomic E-state index is 0.154. The van der Waals surface area contributed by atoms with Crippen LogP contribution in [0.2, 0.25) is 0 Å². The van der Waals surface area contributed by atoms with E-state index in [0.717, 1.165) is 25.1 Å². The second-order valence-corrected chi connectivity index (χ2v) is 3.92.